The van der Waals surface area contributed by atoms with E-state index in [2.05, 4.69) is 20.3 Å². The molecule has 6 heteroatoms. The zero-order valence-corrected chi connectivity index (χ0v) is 13.2. The first-order valence-corrected chi connectivity index (χ1v) is 8.15. The maximum Gasteiger partial charge on any atom is 0.255 e. The number of benzene rings is 1. The zero-order chi connectivity index (χ0) is 16.4. The number of carbonyl (C=O) groups excluding carboxylic acids is 1. The Kier molecular flexibility index (Phi) is 3.86. The molecular formula is C18H18N4O2. The Hall–Kier alpha value is -2.89. The number of amides is 1. The molecule has 1 aliphatic carbocycles. The van der Waals surface area contributed by atoms with Gasteiger partial charge in [0.1, 0.15) is 11.3 Å². The number of rotatable bonds is 6. The van der Waals surface area contributed by atoms with Crippen LogP contribution >= 0.6 is 0 Å². The van der Waals surface area contributed by atoms with E-state index in [0.717, 1.165) is 12.3 Å². The van der Waals surface area contributed by atoms with Crippen molar-refractivity contribution < 1.29 is 9.53 Å². The van der Waals surface area contributed by atoms with Gasteiger partial charge in [-0.3, -0.25) is 4.79 Å². The summed E-state index contributed by atoms with van der Waals surface area (Å²) in [5, 5.41) is 2.95. The van der Waals surface area contributed by atoms with Gasteiger partial charge in [-0.25, -0.2) is 9.97 Å². The number of hydrogen-bond acceptors (Lipinski definition) is 4. The van der Waals surface area contributed by atoms with Crippen LogP contribution in [-0.2, 0) is 0 Å². The molecule has 1 saturated carbocycles. The molecule has 0 spiro atoms. The molecule has 0 saturated heterocycles. The first-order chi connectivity index (χ1) is 11.8. The van der Waals surface area contributed by atoms with Gasteiger partial charge in [-0.05, 0) is 24.5 Å². The van der Waals surface area contributed by atoms with Gasteiger partial charge in [0.2, 0.25) is 5.88 Å². The van der Waals surface area contributed by atoms with Gasteiger partial charge in [0.05, 0.1) is 11.8 Å². The second-order valence-electron chi connectivity index (χ2n) is 6.01. The number of H-pyrrole nitrogens is 1. The minimum absolute atomic E-state index is 0.131. The molecule has 1 amide bonds. The molecule has 1 aliphatic rings. The minimum atomic E-state index is -0.131. The second kappa shape index (κ2) is 6.31. The van der Waals surface area contributed by atoms with Gasteiger partial charge >= 0.3 is 0 Å². The number of hydrogen-bond donors (Lipinski definition) is 2. The predicted octanol–water partition coefficient (Wildman–Crippen LogP) is 3.28. The van der Waals surface area contributed by atoms with Crippen molar-refractivity contribution in [2.24, 2.45) is 5.92 Å². The van der Waals surface area contributed by atoms with Crippen LogP contribution in [0.15, 0.2) is 42.7 Å². The van der Waals surface area contributed by atoms with Crippen LogP contribution in [0, 0.1) is 5.92 Å². The molecule has 122 valence electrons. The number of fused-ring (bicyclic) bond motifs is 1. The largest absolute Gasteiger partial charge is 0.437 e. The Bertz CT molecular complexity index is 856. The van der Waals surface area contributed by atoms with Crippen LogP contribution in [0.5, 0.6) is 11.6 Å². The predicted molar refractivity (Wildman–Crippen MR) is 90.1 cm³/mol. The summed E-state index contributed by atoms with van der Waals surface area (Å²) in [4.78, 5) is 24.0. The van der Waals surface area contributed by atoms with Crippen LogP contribution in [0.4, 0.5) is 0 Å². The van der Waals surface area contributed by atoms with Crippen molar-refractivity contribution in [1.82, 2.24) is 20.3 Å². The van der Waals surface area contributed by atoms with Crippen molar-refractivity contribution in [1.29, 1.82) is 0 Å². The van der Waals surface area contributed by atoms with Gasteiger partial charge in [-0.1, -0.05) is 31.0 Å². The Morgan fingerprint density at radius 3 is 2.92 bits per heavy atom. The summed E-state index contributed by atoms with van der Waals surface area (Å²) in [5.41, 5.74) is 1.59. The Morgan fingerprint density at radius 1 is 1.29 bits per heavy atom. The summed E-state index contributed by atoms with van der Waals surface area (Å²) in [6, 6.07) is 9.37. The van der Waals surface area contributed by atoms with Crippen LogP contribution in [0.25, 0.3) is 11.2 Å². The summed E-state index contributed by atoms with van der Waals surface area (Å²) >= 11 is 0. The van der Waals surface area contributed by atoms with Crippen LogP contribution in [0.3, 0.4) is 0 Å². The first-order valence-electron chi connectivity index (χ1n) is 8.15. The average molecular weight is 322 g/mol. The molecule has 3 aromatic rings. The highest BCUT2D eigenvalue weighted by atomic mass is 16.5. The van der Waals surface area contributed by atoms with Gasteiger partial charge in [-0.2, -0.15) is 0 Å². The van der Waals surface area contributed by atoms with E-state index in [9.17, 15) is 4.79 Å². The fourth-order valence-electron chi connectivity index (χ4n) is 2.60. The topological polar surface area (TPSA) is 79.9 Å². The molecule has 0 atom stereocenters. The lowest BCUT2D eigenvalue weighted by molar-refractivity contribution is 0.0954. The Labute approximate surface area is 139 Å². The maximum atomic E-state index is 12.4. The van der Waals surface area contributed by atoms with Crippen molar-refractivity contribution in [2.45, 2.75) is 19.3 Å². The van der Waals surface area contributed by atoms with E-state index in [-0.39, 0.29) is 5.91 Å². The number of para-hydroxylation sites is 1. The van der Waals surface area contributed by atoms with Gasteiger partial charge in [0.25, 0.3) is 5.91 Å². The summed E-state index contributed by atoms with van der Waals surface area (Å²) in [5.74, 6) is 1.70. The standard InChI is InChI=1S/C18H18N4O2/c23-18(19-9-8-12-6-7-12)14-10-20-17-16(14)22-15(11-21-17)24-13-4-2-1-3-5-13/h1-5,10-12H,6-9H2,(H,19,23)(H,20,21). The number of nitrogens with zero attached hydrogens (tertiary/aromatic N) is 2. The average Bonchev–Trinajstić information content (AvgIpc) is 3.33. The van der Waals surface area contributed by atoms with Gasteiger partial charge < -0.3 is 15.0 Å². The van der Waals surface area contributed by atoms with Crippen LogP contribution < -0.4 is 10.1 Å². The first kappa shape index (κ1) is 14.7. The molecule has 1 fully saturated rings. The summed E-state index contributed by atoms with van der Waals surface area (Å²) in [6.45, 7) is 0.698. The fourth-order valence-corrected chi connectivity index (χ4v) is 2.60. The maximum absolute atomic E-state index is 12.4. The van der Waals surface area contributed by atoms with E-state index < -0.39 is 0 Å². The lowest BCUT2D eigenvalue weighted by atomic mass is 10.2. The molecule has 24 heavy (non-hydrogen) atoms. The van der Waals surface area contributed by atoms with E-state index >= 15 is 0 Å². The molecule has 0 aliphatic heterocycles. The van der Waals surface area contributed by atoms with Crippen molar-refractivity contribution in [3.8, 4) is 11.6 Å². The van der Waals surface area contributed by atoms with Crippen molar-refractivity contribution >= 4 is 17.1 Å². The number of carbonyl (C=O) groups is 1. The zero-order valence-electron chi connectivity index (χ0n) is 13.2. The molecule has 2 aromatic heterocycles. The number of nitrogens with one attached hydrogen (secondary N) is 2. The molecule has 0 unspecified atom stereocenters. The number of aromatic amines is 1. The van der Waals surface area contributed by atoms with E-state index in [1.54, 1.807) is 12.4 Å². The smallest absolute Gasteiger partial charge is 0.255 e. The normalized spacial score (nSPS) is 13.8. The third-order valence-electron chi connectivity index (χ3n) is 4.10. The van der Waals surface area contributed by atoms with Crippen LogP contribution in [0.1, 0.15) is 29.6 Å². The van der Waals surface area contributed by atoms with Gasteiger partial charge in [-0.15, -0.1) is 0 Å². The molecule has 0 bridgehead atoms. The molecule has 2 heterocycles. The van der Waals surface area contributed by atoms with E-state index in [1.807, 2.05) is 30.3 Å². The van der Waals surface area contributed by atoms with Crippen molar-refractivity contribution in [3.63, 3.8) is 0 Å². The van der Waals surface area contributed by atoms with E-state index in [0.29, 0.717) is 34.9 Å². The lowest BCUT2D eigenvalue weighted by Gasteiger charge is -2.05. The summed E-state index contributed by atoms with van der Waals surface area (Å²) < 4.78 is 5.69. The summed E-state index contributed by atoms with van der Waals surface area (Å²) in [6.07, 6.45) is 6.80. The minimum Gasteiger partial charge on any atom is -0.437 e. The van der Waals surface area contributed by atoms with Crippen molar-refractivity contribution in [3.05, 3.63) is 48.3 Å². The monoisotopic (exact) mass is 322 g/mol. The van der Waals surface area contributed by atoms with E-state index in [4.69, 9.17) is 4.74 Å². The number of ether oxygens (including phenoxy) is 1. The molecule has 4 rings (SSSR count). The van der Waals surface area contributed by atoms with E-state index in [1.165, 1.54) is 12.8 Å². The molecule has 6 nitrogen and oxygen atoms in total. The van der Waals surface area contributed by atoms with Gasteiger partial charge in [0, 0.05) is 12.7 Å². The van der Waals surface area contributed by atoms with Crippen LogP contribution in [0.2, 0.25) is 0 Å². The fraction of sp³-hybridized carbons (Fsp3) is 0.278. The Morgan fingerprint density at radius 2 is 2.12 bits per heavy atom. The highest BCUT2D eigenvalue weighted by Gasteiger charge is 2.21. The quantitative estimate of drug-likeness (QED) is 0.730. The highest BCUT2D eigenvalue weighted by molar-refractivity contribution is 6.04. The third kappa shape index (κ3) is 3.22. The lowest BCUT2D eigenvalue weighted by Crippen LogP contribution is -2.24. The van der Waals surface area contributed by atoms with Gasteiger partial charge in [0.15, 0.2) is 5.65 Å². The summed E-state index contributed by atoms with van der Waals surface area (Å²) in [7, 11) is 0. The van der Waals surface area contributed by atoms with Crippen molar-refractivity contribution in [2.75, 3.05) is 6.54 Å². The third-order valence-corrected chi connectivity index (χ3v) is 4.10. The molecule has 1 aromatic carbocycles. The molecular weight excluding hydrogens is 304 g/mol. The SMILES string of the molecule is O=C(NCCC1CC1)c1c[nH]c2ncc(Oc3ccccc3)nc12. The van der Waals surface area contributed by atoms with Crippen LogP contribution in [-0.4, -0.2) is 27.4 Å². The molecule has 0 radical (unpaired) electrons. The highest BCUT2D eigenvalue weighted by Crippen LogP contribution is 2.31. The second-order valence-corrected chi connectivity index (χ2v) is 6.01. The number of aromatic nitrogens is 3. The molecule has 2 N–H and O–H groups in total. The Balaban J connectivity index is 1.52.